The van der Waals surface area contributed by atoms with Gasteiger partial charge in [0.25, 0.3) is 0 Å². The lowest BCUT2D eigenvalue weighted by Crippen LogP contribution is -2.22. The van der Waals surface area contributed by atoms with Crippen LogP contribution in [0.5, 0.6) is 0 Å². The van der Waals surface area contributed by atoms with Crippen molar-refractivity contribution in [2.75, 3.05) is 0 Å². The summed E-state index contributed by atoms with van der Waals surface area (Å²) in [5.74, 6) is 0. The zero-order valence-electron chi connectivity index (χ0n) is 12.2. The number of nitrogens with zero attached hydrogens (tertiary/aromatic N) is 1. The quantitative estimate of drug-likeness (QED) is 0.806. The fourth-order valence-corrected chi connectivity index (χ4v) is 2.61. The van der Waals surface area contributed by atoms with E-state index in [-0.39, 0.29) is 12.1 Å². The first-order valence-corrected chi connectivity index (χ1v) is 7.45. The second kappa shape index (κ2) is 6.87. The molecule has 0 fully saturated rings. The van der Waals surface area contributed by atoms with Gasteiger partial charge in [-0.15, -0.1) is 0 Å². The van der Waals surface area contributed by atoms with E-state index >= 15 is 0 Å². The van der Waals surface area contributed by atoms with Crippen LogP contribution in [0, 0.1) is 0 Å². The minimum Gasteiger partial charge on any atom is -0.304 e. The Bertz CT molecular complexity index is 551. The van der Waals surface area contributed by atoms with E-state index < -0.39 is 0 Å². The van der Waals surface area contributed by atoms with Crippen molar-refractivity contribution in [2.45, 2.75) is 39.3 Å². The summed E-state index contributed by atoms with van der Waals surface area (Å²) in [4.78, 5) is 4.13. The monoisotopic (exact) mass is 288 g/mol. The lowest BCUT2D eigenvalue weighted by atomic mass is 10.0. The standard InChI is InChI=1S/C17H21ClN2/c1-4-14-7-9-15(10-8-14)12(2)20-13(3)16-6-5-11-19-17(16)18/h5-13,20H,4H2,1-3H3/t12-,13+/m1/s1. The van der Waals surface area contributed by atoms with E-state index in [0.29, 0.717) is 5.15 Å². The van der Waals surface area contributed by atoms with Gasteiger partial charge in [0.2, 0.25) is 0 Å². The van der Waals surface area contributed by atoms with Crippen LogP contribution in [0.3, 0.4) is 0 Å². The Balaban J connectivity index is 2.06. The van der Waals surface area contributed by atoms with Crippen LogP contribution in [0.15, 0.2) is 42.6 Å². The van der Waals surface area contributed by atoms with Crippen LogP contribution < -0.4 is 5.32 Å². The largest absolute Gasteiger partial charge is 0.304 e. The first kappa shape index (κ1) is 15.0. The van der Waals surface area contributed by atoms with E-state index in [1.165, 1.54) is 11.1 Å². The number of halogens is 1. The lowest BCUT2D eigenvalue weighted by molar-refractivity contribution is 0.494. The molecule has 2 atom stereocenters. The Morgan fingerprint density at radius 3 is 2.40 bits per heavy atom. The van der Waals surface area contributed by atoms with Crippen LogP contribution in [-0.4, -0.2) is 4.98 Å². The Labute approximate surface area is 126 Å². The van der Waals surface area contributed by atoms with Gasteiger partial charge in [-0.2, -0.15) is 0 Å². The molecule has 0 amide bonds. The second-order valence-electron chi connectivity index (χ2n) is 5.09. The van der Waals surface area contributed by atoms with E-state index in [9.17, 15) is 0 Å². The molecule has 1 N–H and O–H groups in total. The third kappa shape index (κ3) is 3.59. The molecule has 1 aromatic heterocycles. The molecule has 0 aliphatic heterocycles. The highest BCUT2D eigenvalue weighted by atomic mass is 35.5. The molecule has 0 aliphatic rings. The molecule has 2 aromatic rings. The first-order chi connectivity index (χ1) is 9.61. The van der Waals surface area contributed by atoms with Crippen molar-refractivity contribution in [3.8, 4) is 0 Å². The molecule has 0 saturated carbocycles. The molecular weight excluding hydrogens is 268 g/mol. The van der Waals surface area contributed by atoms with Gasteiger partial charge >= 0.3 is 0 Å². The summed E-state index contributed by atoms with van der Waals surface area (Å²) in [5, 5.41) is 4.14. The van der Waals surface area contributed by atoms with Gasteiger partial charge < -0.3 is 5.32 Å². The molecule has 1 aromatic carbocycles. The molecule has 0 spiro atoms. The molecule has 1 heterocycles. The van der Waals surface area contributed by atoms with Crippen molar-refractivity contribution in [3.63, 3.8) is 0 Å². The average Bonchev–Trinajstić information content (AvgIpc) is 2.47. The fourth-order valence-electron chi connectivity index (χ4n) is 2.32. The van der Waals surface area contributed by atoms with Gasteiger partial charge in [0, 0.05) is 23.8 Å². The van der Waals surface area contributed by atoms with Crippen molar-refractivity contribution in [1.82, 2.24) is 10.3 Å². The van der Waals surface area contributed by atoms with Gasteiger partial charge in [0.05, 0.1) is 0 Å². The molecule has 0 unspecified atom stereocenters. The van der Waals surface area contributed by atoms with Crippen LogP contribution in [0.4, 0.5) is 0 Å². The van der Waals surface area contributed by atoms with Crippen molar-refractivity contribution in [3.05, 3.63) is 64.4 Å². The SMILES string of the molecule is CCc1ccc([C@@H](C)N[C@@H](C)c2cccnc2Cl)cc1. The first-order valence-electron chi connectivity index (χ1n) is 7.07. The van der Waals surface area contributed by atoms with E-state index in [1.54, 1.807) is 6.20 Å². The zero-order chi connectivity index (χ0) is 14.5. The van der Waals surface area contributed by atoms with Crippen molar-refractivity contribution >= 4 is 11.6 Å². The summed E-state index contributed by atoms with van der Waals surface area (Å²) < 4.78 is 0. The molecule has 2 rings (SSSR count). The van der Waals surface area contributed by atoms with Crippen molar-refractivity contribution in [1.29, 1.82) is 0 Å². The maximum absolute atomic E-state index is 6.14. The van der Waals surface area contributed by atoms with Gasteiger partial charge in [0.1, 0.15) is 5.15 Å². The Kier molecular flexibility index (Phi) is 5.16. The molecule has 20 heavy (non-hydrogen) atoms. The molecule has 2 nitrogen and oxygen atoms in total. The van der Waals surface area contributed by atoms with Crippen LogP contribution in [0.1, 0.15) is 49.5 Å². The average molecular weight is 289 g/mol. The maximum Gasteiger partial charge on any atom is 0.133 e. The van der Waals surface area contributed by atoms with Gasteiger partial charge in [-0.3, -0.25) is 0 Å². The van der Waals surface area contributed by atoms with Gasteiger partial charge in [-0.1, -0.05) is 48.9 Å². The van der Waals surface area contributed by atoms with Crippen molar-refractivity contribution in [2.24, 2.45) is 0 Å². The highest BCUT2D eigenvalue weighted by Gasteiger charge is 2.13. The third-order valence-electron chi connectivity index (χ3n) is 3.64. The van der Waals surface area contributed by atoms with Crippen LogP contribution in [0.2, 0.25) is 5.15 Å². The molecule has 106 valence electrons. The van der Waals surface area contributed by atoms with Crippen molar-refractivity contribution < 1.29 is 0 Å². The fraction of sp³-hybridized carbons (Fsp3) is 0.353. The highest BCUT2D eigenvalue weighted by Crippen LogP contribution is 2.23. The normalized spacial score (nSPS) is 14.0. The summed E-state index contributed by atoms with van der Waals surface area (Å²) in [6.07, 6.45) is 2.79. The molecule has 0 saturated heterocycles. The number of hydrogen-bond donors (Lipinski definition) is 1. The lowest BCUT2D eigenvalue weighted by Gasteiger charge is -2.21. The second-order valence-corrected chi connectivity index (χ2v) is 5.45. The van der Waals surface area contributed by atoms with E-state index in [2.05, 4.69) is 55.3 Å². The molecule has 0 radical (unpaired) electrons. The number of rotatable bonds is 5. The number of aryl methyl sites for hydroxylation is 1. The maximum atomic E-state index is 6.14. The number of pyridine rings is 1. The van der Waals surface area contributed by atoms with Gasteiger partial charge in [-0.25, -0.2) is 4.98 Å². The highest BCUT2D eigenvalue weighted by molar-refractivity contribution is 6.30. The molecule has 0 bridgehead atoms. The van der Waals surface area contributed by atoms with Crippen LogP contribution in [-0.2, 0) is 6.42 Å². The Morgan fingerprint density at radius 1 is 1.10 bits per heavy atom. The summed E-state index contributed by atoms with van der Waals surface area (Å²) in [6.45, 7) is 6.45. The van der Waals surface area contributed by atoms with Crippen LogP contribution in [0.25, 0.3) is 0 Å². The Morgan fingerprint density at radius 2 is 1.80 bits per heavy atom. The summed E-state index contributed by atoms with van der Waals surface area (Å²) >= 11 is 6.14. The molecule has 3 heteroatoms. The topological polar surface area (TPSA) is 24.9 Å². The van der Waals surface area contributed by atoms with Gasteiger partial charge in [0.15, 0.2) is 0 Å². The van der Waals surface area contributed by atoms with E-state index in [0.717, 1.165) is 12.0 Å². The Hall–Kier alpha value is -1.38. The molecule has 0 aliphatic carbocycles. The minimum atomic E-state index is 0.164. The van der Waals surface area contributed by atoms with E-state index in [1.807, 2.05) is 12.1 Å². The smallest absolute Gasteiger partial charge is 0.133 e. The zero-order valence-corrected chi connectivity index (χ0v) is 13.0. The van der Waals surface area contributed by atoms with Gasteiger partial charge in [-0.05, 0) is 37.5 Å². The minimum absolute atomic E-state index is 0.164. The third-order valence-corrected chi connectivity index (χ3v) is 3.96. The summed E-state index contributed by atoms with van der Waals surface area (Å²) in [5.41, 5.74) is 3.68. The predicted molar refractivity (Wildman–Crippen MR) is 85.0 cm³/mol. The van der Waals surface area contributed by atoms with E-state index in [4.69, 9.17) is 11.6 Å². The predicted octanol–water partition coefficient (Wildman–Crippen LogP) is 4.71. The molecular formula is C17H21ClN2. The number of hydrogen-bond acceptors (Lipinski definition) is 2. The number of benzene rings is 1. The number of nitrogens with one attached hydrogen (secondary N) is 1. The summed E-state index contributed by atoms with van der Waals surface area (Å²) in [7, 11) is 0. The van der Waals surface area contributed by atoms with Crippen LogP contribution >= 0.6 is 11.6 Å². The number of aromatic nitrogens is 1. The summed E-state index contributed by atoms with van der Waals surface area (Å²) in [6, 6.07) is 13.1.